The monoisotopic (exact) mass is 405 g/mol. The molecule has 30 heavy (non-hydrogen) atoms. The number of hydrogen-bond acceptors (Lipinski definition) is 8. The number of H-pyrrole nitrogens is 1. The van der Waals surface area contributed by atoms with Gasteiger partial charge in [0.15, 0.2) is 11.5 Å². The van der Waals surface area contributed by atoms with Crippen molar-refractivity contribution in [3.05, 3.63) is 42.4 Å². The molecule has 1 aliphatic heterocycles. The molecule has 9 heteroatoms. The maximum absolute atomic E-state index is 8.80. The molecular formula is C21H23N7O2. The predicted molar refractivity (Wildman–Crippen MR) is 113 cm³/mol. The number of hydrogen-bond donors (Lipinski definition) is 3. The van der Waals surface area contributed by atoms with Gasteiger partial charge in [0.25, 0.3) is 0 Å². The molecule has 0 atom stereocenters. The van der Waals surface area contributed by atoms with Gasteiger partial charge in [-0.25, -0.2) is 9.97 Å². The van der Waals surface area contributed by atoms with Gasteiger partial charge in [-0.3, -0.25) is 5.10 Å². The lowest BCUT2D eigenvalue weighted by Crippen LogP contribution is -2.22. The van der Waals surface area contributed by atoms with Crippen LogP contribution in [0.25, 0.3) is 11.3 Å². The SMILES string of the molecule is COc1cc(NCC2CCOCC2)ccc1-c1cc(Nc2cnc(C#N)cn2)n[nH]1. The van der Waals surface area contributed by atoms with E-state index in [4.69, 9.17) is 14.7 Å². The van der Waals surface area contributed by atoms with Crippen molar-refractivity contribution in [1.82, 2.24) is 20.2 Å². The number of ether oxygens (including phenoxy) is 2. The predicted octanol–water partition coefficient (Wildman–Crippen LogP) is 3.33. The number of anilines is 3. The lowest BCUT2D eigenvalue weighted by Gasteiger charge is -2.23. The van der Waals surface area contributed by atoms with Crippen LogP contribution >= 0.6 is 0 Å². The summed E-state index contributed by atoms with van der Waals surface area (Å²) in [5.41, 5.74) is 3.00. The van der Waals surface area contributed by atoms with Crippen LogP contribution in [0.3, 0.4) is 0 Å². The Hall–Kier alpha value is -3.64. The van der Waals surface area contributed by atoms with Crippen LogP contribution in [0, 0.1) is 17.2 Å². The topological polar surface area (TPSA) is 121 Å². The summed E-state index contributed by atoms with van der Waals surface area (Å²) in [6.07, 6.45) is 5.09. The van der Waals surface area contributed by atoms with Crippen LogP contribution in [0.4, 0.5) is 17.3 Å². The van der Waals surface area contributed by atoms with Gasteiger partial charge in [0, 0.05) is 43.1 Å². The highest BCUT2D eigenvalue weighted by Crippen LogP contribution is 2.33. The zero-order chi connectivity index (χ0) is 20.8. The normalized spacial score (nSPS) is 14.1. The molecule has 0 saturated carbocycles. The molecule has 3 aromatic rings. The number of nitrogens with one attached hydrogen (secondary N) is 3. The Morgan fingerprint density at radius 3 is 2.80 bits per heavy atom. The van der Waals surface area contributed by atoms with Crippen molar-refractivity contribution < 1.29 is 9.47 Å². The van der Waals surface area contributed by atoms with E-state index in [9.17, 15) is 0 Å². The van der Waals surface area contributed by atoms with Gasteiger partial charge < -0.3 is 20.1 Å². The van der Waals surface area contributed by atoms with Crippen LogP contribution in [-0.4, -0.2) is 47.0 Å². The van der Waals surface area contributed by atoms with Gasteiger partial charge in [0.2, 0.25) is 0 Å². The Balaban J connectivity index is 1.44. The van der Waals surface area contributed by atoms with Gasteiger partial charge >= 0.3 is 0 Å². The van der Waals surface area contributed by atoms with Gasteiger partial charge in [-0.2, -0.15) is 10.4 Å². The maximum atomic E-state index is 8.80. The smallest absolute Gasteiger partial charge is 0.158 e. The van der Waals surface area contributed by atoms with Crippen molar-refractivity contribution in [1.29, 1.82) is 5.26 Å². The Labute approximate surface area is 174 Å². The van der Waals surface area contributed by atoms with E-state index in [1.165, 1.54) is 12.4 Å². The zero-order valence-corrected chi connectivity index (χ0v) is 16.7. The number of rotatable bonds is 7. The summed E-state index contributed by atoms with van der Waals surface area (Å²) < 4.78 is 11.0. The van der Waals surface area contributed by atoms with E-state index >= 15 is 0 Å². The third-order valence-corrected chi connectivity index (χ3v) is 5.03. The second kappa shape index (κ2) is 9.24. The van der Waals surface area contributed by atoms with Gasteiger partial charge in [-0.1, -0.05) is 0 Å². The molecule has 3 N–H and O–H groups in total. The molecule has 1 aromatic carbocycles. The summed E-state index contributed by atoms with van der Waals surface area (Å²) in [4.78, 5) is 8.13. The molecule has 1 fully saturated rings. The first kappa shape index (κ1) is 19.7. The Kier molecular flexibility index (Phi) is 6.06. The van der Waals surface area contributed by atoms with E-state index in [0.29, 0.717) is 17.6 Å². The molecule has 0 unspecified atom stereocenters. The van der Waals surface area contributed by atoms with Crippen molar-refractivity contribution in [2.45, 2.75) is 12.8 Å². The first-order valence-corrected chi connectivity index (χ1v) is 9.80. The molecule has 0 aliphatic carbocycles. The summed E-state index contributed by atoms with van der Waals surface area (Å²) in [7, 11) is 1.66. The minimum absolute atomic E-state index is 0.263. The molecule has 154 valence electrons. The highest BCUT2D eigenvalue weighted by atomic mass is 16.5. The maximum Gasteiger partial charge on any atom is 0.158 e. The van der Waals surface area contributed by atoms with E-state index < -0.39 is 0 Å². The van der Waals surface area contributed by atoms with Crippen LogP contribution < -0.4 is 15.4 Å². The molecule has 1 aliphatic rings. The number of benzene rings is 1. The highest BCUT2D eigenvalue weighted by Gasteiger charge is 2.15. The molecule has 9 nitrogen and oxygen atoms in total. The molecule has 3 heterocycles. The van der Waals surface area contributed by atoms with Crippen LogP contribution in [-0.2, 0) is 4.74 Å². The number of aromatic nitrogens is 4. The summed E-state index contributed by atoms with van der Waals surface area (Å²) >= 11 is 0. The van der Waals surface area contributed by atoms with Gasteiger partial charge in [0.1, 0.15) is 17.6 Å². The number of nitrogens with zero attached hydrogens (tertiary/aromatic N) is 4. The highest BCUT2D eigenvalue weighted by molar-refractivity contribution is 5.73. The van der Waals surface area contributed by atoms with Crippen molar-refractivity contribution in [2.75, 3.05) is 37.5 Å². The summed E-state index contributed by atoms with van der Waals surface area (Å²) in [5, 5.41) is 22.7. The Morgan fingerprint density at radius 1 is 1.20 bits per heavy atom. The number of aromatic amines is 1. The first-order chi connectivity index (χ1) is 14.7. The molecule has 0 bridgehead atoms. The summed E-state index contributed by atoms with van der Waals surface area (Å²) in [5.74, 6) is 2.48. The standard InChI is InChI=1S/C21H23N7O2/c1-29-19-8-15(23-11-14-4-6-30-7-5-14)2-3-17(19)18-9-20(28-27-18)26-21-13-24-16(10-22)12-25-21/h2-3,8-9,12-14,23H,4-7,11H2,1H3,(H2,25,26,27,28). The van der Waals surface area contributed by atoms with Crippen molar-refractivity contribution in [3.8, 4) is 23.1 Å². The molecule has 0 spiro atoms. The van der Waals surface area contributed by atoms with Crippen LogP contribution in [0.1, 0.15) is 18.5 Å². The zero-order valence-electron chi connectivity index (χ0n) is 16.7. The molecule has 4 rings (SSSR count). The van der Waals surface area contributed by atoms with Crippen molar-refractivity contribution in [2.24, 2.45) is 5.92 Å². The van der Waals surface area contributed by atoms with E-state index in [2.05, 4.69) is 30.8 Å². The van der Waals surface area contributed by atoms with Gasteiger partial charge in [0.05, 0.1) is 25.2 Å². The third-order valence-electron chi connectivity index (χ3n) is 5.03. The second-order valence-corrected chi connectivity index (χ2v) is 7.04. The van der Waals surface area contributed by atoms with Gasteiger partial charge in [-0.05, 0) is 30.9 Å². The van der Waals surface area contributed by atoms with E-state index in [-0.39, 0.29) is 5.69 Å². The number of methoxy groups -OCH3 is 1. The van der Waals surface area contributed by atoms with Crippen LogP contribution in [0.5, 0.6) is 5.75 Å². The minimum Gasteiger partial charge on any atom is -0.496 e. The molecule has 1 saturated heterocycles. The molecular weight excluding hydrogens is 382 g/mol. The Bertz CT molecular complexity index is 1020. The minimum atomic E-state index is 0.263. The van der Waals surface area contributed by atoms with E-state index in [1.54, 1.807) is 7.11 Å². The fourth-order valence-corrected chi connectivity index (χ4v) is 3.34. The lowest BCUT2D eigenvalue weighted by atomic mass is 10.0. The second-order valence-electron chi connectivity index (χ2n) is 7.04. The van der Waals surface area contributed by atoms with E-state index in [0.717, 1.165) is 55.3 Å². The van der Waals surface area contributed by atoms with Crippen molar-refractivity contribution >= 4 is 17.3 Å². The quantitative estimate of drug-likeness (QED) is 0.547. The number of nitriles is 1. The van der Waals surface area contributed by atoms with Gasteiger partial charge in [-0.15, -0.1) is 0 Å². The average molecular weight is 405 g/mol. The van der Waals surface area contributed by atoms with E-state index in [1.807, 2.05) is 30.3 Å². The third kappa shape index (κ3) is 4.67. The summed E-state index contributed by atoms with van der Waals surface area (Å²) in [6.45, 7) is 2.62. The molecule has 2 aromatic heterocycles. The fraction of sp³-hybridized carbons (Fsp3) is 0.333. The summed E-state index contributed by atoms with van der Waals surface area (Å²) in [6, 6.07) is 9.85. The van der Waals surface area contributed by atoms with Crippen molar-refractivity contribution in [3.63, 3.8) is 0 Å². The van der Waals surface area contributed by atoms with Crippen LogP contribution in [0.2, 0.25) is 0 Å². The largest absolute Gasteiger partial charge is 0.496 e. The Morgan fingerprint density at radius 2 is 2.07 bits per heavy atom. The molecule has 0 radical (unpaired) electrons. The van der Waals surface area contributed by atoms with Crippen LogP contribution in [0.15, 0.2) is 36.7 Å². The molecule has 0 amide bonds. The average Bonchev–Trinajstić information content (AvgIpc) is 3.27. The first-order valence-electron chi connectivity index (χ1n) is 9.80. The lowest BCUT2D eigenvalue weighted by molar-refractivity contribution is 0.0699. The fourth-order valence-electron chi connectivity index (χ4n) is 3.34.